The fourth-order valence-electron chi connectivity index (χ4n) is 1.73. The predicted molar refractivity (Wildman–Crippen MR) is 75.2 cm³/mol. The quantitative estimate of drug-likeness (QED) is 0.793. The highest BCUT2D eigenvalue weighted by molar-refractivity contribution is 5.78. The van der Waals surface area contributed by atoms with Crippen molar-refractivity contribution in [2.24, 2.45) is 0 Å². The smallest absolute Gasteiger partial charge is 0.258 e. The molecule has 0 saturated carbocycles. The van der Waals surface area contributed by atoms with Crippen molar-refractivity contribution in [2.45, 2.75) is 39.2 Å². The Morgan fingerprint density at radius 1 is 1.37 bits per heavy atom. The average Bonchev–Trinajstić information content (AvgIpc) is 2.38. The number of hydrogen-bond acceptors (Lipinski definition) is 3. The zero-order valence-electron chi connectivity index (χ0n) is 11.9. The highest BCUT2D eigenvalue weighted by Crippen LogP contribution is 2.14. The van der Waals surface area contributed by atoms with Crippen LogP contribution in [0.5, 0.6) is 5.75 Å². The molecule has 4 heteroatoms. The molecular formula is C15H23NO3. The van der Waals surface area contributed by atoms with E-state index in [-0.39, 0.29) is 24.7 Å². The molecular weight excluding hydrogens is 242 g/mol. The Morgan fingerprint density at radius 3 is 2.53 bits per heavy atom. The van der Waals surface area contributed by atoms with Gasteiger partial charge in [-0.25, -0.2) is 0 Å². The molecule has 1 rings (SSSR count). The minimum absolute atomic E-state index is 0.00984. The molecule has 1 aromatic rings. The van der Waals surface area contributed by atoms with Crippen LogP contribution in [0, 0.1) is 6.92 Å². The molecule has 4 nitrogen and oxygen atoms in total. The highest BCUT2D eigenvalue weighted by atomic mass is 16.5. The van der Waals surface area contributed by atoms with Crippen molar-refractivity contribution in [3.05, 3.63) is 29.8 Å². The summed E-state index contributed by atoms with van der Waals surface area (Å²) in [5.41, 5.74) is 0.779. The summed E-state index contributed by atoms with van der Waals surface area (Å²) in [7, 11) is 0. The predicted octanol–water partition coefficient (Wildman–Crippen LogP) is 2.04. The van der Waals surface area contributed by atoms with Crippen LogP contribution in [0.4, 0.5) is 0 Å². The first-order valence-electron chi connectivity index (χ1n) is 6.60. The lowest BCUT2D eigenvalue weighted by Gasteiger charge is -2.28. The van der Waals surface area contributed by atoms with E-state index in [1.165, 1.54) is 0 Å². The summed E-state index contributed by atoms with van der Waals surface area (Å²) in [6.45, 7) is 5.95. The Hall–Kier alpha value is -1.55. The van der Waals surface area contributed by atoms with Crippen LogP contribution in [-0.4, -0.2) is 29.8 Å². The number of carbonyl (C=O) groups is 1. The van der Waals surface area contributed by atoms with E-state index >= 15 is 0 Å². The molecule has 0 aromatic heterocycles. The molecule has 1 atom stereocenters. The summed E-state index contributed by atoms with van der Waals surface area (Å²) in [5.74, 6) is 0.513. The number of amides is 1. The van der Waals surface area contributed by atoms with Gasteiger partial charge in [0.15, 0.2) is 6.61 Å². The molecule has 1 amide bonds. The van der Waals surface area contributed by atoms with Gasteiger partial charge in [-0.15, -0.1) is 0 Å². The molecule has 1 aromatic carbocycles. The van der Waals surface area contributed by atoms with Crippen molar-refractivity contribution < 1.29 is 14.6 Å². The third-order valence-electron chi connectivity index (χ3n) is 3.28. The number of aliphatic hydroxyl groups is 1. The van der Waals surface area contributed by atoms with Crippen molar-refractivity contribution in [3.63, 3.8) is 0 Å². The number of hydrogen-bond donors (Lipinski definition) is 2. The van der Waals surface area contributed by atoms with Gasteiger partial charge < -0.3 is 15.2 Å². The standard InChI is InChI=1S/C15H23NO3/c1-4-15(3,9-10-17)16-14(18)11-19-13-7-5-12(2)6-8-13/h5-8,17H,4,9-11H2,1-3H3,(H,16,18). The van der Waals surface area contributed by atoms with Gasteiger partial charge in [0.2, 0.25) is 0 Å². The second-order valence-electron chi connectivity index (χ2n) is 5.04. The van der Waals surface area contributed by atoms with Crippen LogP contribution in [0.1, 0.15) is 32.3 Å². The van der Waals surface area contributed by atoms with Crippen molar-refractivity contribution in [2.75, 3.05) is 13.2 Å². The number of aryl methyl sites for hydroxylation is 1. The van der Waals surface area contributed by atoms with E-state index in [0.717, 1.165) is 12.0 Å². The first kappa shape index (κ1) is 15.5. The van der Waals surface area contributed by atoms with Crippen LogP contribution in [0.2, 0.25) is 0 Å². The fraction of sp³-hybridized carbons (Fsp3) is 0.533. The summed E-state index contributed by atoms with van der Waals surface area (Å²) in [4.78, 5) is 11.8. The first-order chi connectivity index (χ1) is 8.99. The number of rotatable bonds is 7. The topological polar surface area (TPSA) is 58.6 Å². The van der Waals surface area contributed by atoms with Crippen LogP contribution >= 0.6 is 0 Å². The monoisotopic (exact) mass is 265 g/mol. The molecule has 1 unspecified atom stereocenters. The molecule has 0 saturated heterocycles. The number of carbonyl (C=O) groups excluding carboxylic acids is 1. The van der Waals surface area contributed by atoms with Crippen LogP contribution < -0.4 is 10.1 Å². The first-order valence-corrected chi connectivity index (χ1v) is 6.60. The van der Waals surface area contributed by atoms with E-state index in [9.17, 15) is 4.79 Å². The highest BCUT2D eigenvalue weighted by Gasteiger charge is 2.23. The van der Waals surface area contributed by atoms with E-state index in [1.54, 1.807) is 0 Å². The molecule has 0 bridgehead atoms. The van der Waals surface area contributed by atoms with Crippen LogP contribution in [0.25, 0.3) is 0 Å². The van der Waals surface area contributed by atoms with Gasteiger partial charge in [0.1, 0.15) is 5.75 Å². The SMILES string of the molecule is CCC(C)(CCO)NC(=O)COc1ccc(C)cc1. The maximum Gasteiger partial charge on any atom is 0.258 e. The molecule has 0 aliphatic heterocycles. The van der Waals surface area contributed by atoms with E-state index in [2.05, 4.69) is 5.32 Å². The normalized spacial score (nSPS) is 13.7. The van der Waals surface area contributed by atoms with Gasteiger partial charge in [0.25, 0.3) is 5.91 Å². The number of aliphatic hydroxyl groups excluding tert-OH is 1. The summed E-state index contributed by atoms with van der Waals surface area (Å²) >= 11 is 0. The molecule has 0 radical (unpaired) electrons. The number of ether oxygens (including phenoxy) is 1. The van der Waals surface area contributed by atoms with Crippen LogP contribution in [0.15, 0.2) is 24.3 Å². The summed E-state index contributed by atoms with van der Waals surface area (Å²) in [6.07, 6.45) is 1.31. The fourth-order valence-corrected chi connectivity index (χ4v) is 1.73. The maximum atomic E-state index is 11.8. The Balaban J connectivity index is 2.45. The summed E-state index contributed by atoms with van der Waals surface area (Å²) in [5, 5.41) is 11.9. The van der Waals surface area contributed by atoms with Gasteiger partial charge in [0.05, 0.1) is 0 Å². The summed E-state index contributed by atoms with van der Waals surface area (Å²) in [6, 6.07) is 7.56. The van der Waals surface area contributed by atoms with Gasteiger partial charge in [-0.1, -0.05) is 24.6 Å². The lowest BCUT2D eigenvalue weighted by molar-refractivity contribution is -0.125. The molecule has 106 valence electrons. The van der Waals surface area contributed by atoms with E-state index in [4.69, 9.17) is 9.84 Å². The third kappa shape index (κ3) is 5.30. The Bertz CT molecular complexity index is 402. The second-order valence-corrected chi connectivity index (χ2v) is 5.04. The molecule has 0 fully saturated rings. The van der Waals surface area contributed by atoms with E-state index in [0.29, 0.717) is 12.2 Å². The van der Waals surface area contributed by atoms with Crippen molar-refractivity contribution in [1.82, 2.24) is 5.32 Å². The molecule has 0 aliphatic carbocycles. The second kappa shape index (κ2) is 7.14. The van der Waals surface area contributed by atoms with Crippen molar-refractivity contribution >= 4 is 5.91 Å². The van der Waals surface area contributed by atoms with Gasteiger partial charge in [0, 0.05) is 12.1 Å². The van der Waals surface area contributed by atoms with E-state index < -0.39 is 0 Å². The van der Waals surface area contributed by atoms with Gasteiger partial charge >= 0.3 is 0 Å². The Morgan fingerprint density at radius 2 is 2.00 bits per heavy atom. The largest absolute Gasteiger partial charge is 0.484 e. The molecule has 19 heavy (non-hydrogen) atoms. The average molecular weight is 265 g/mol. The lowest BCUT2D eigenvalue weighted by atomic mass is 9.95. The van der Waals surface area contributed by atoms with Gasteiger partial charge in [-0.05, 0) is 38.8 Å². The number of nitrogens with one attached hydrogen (secondary N) is 1. The van der Waals surface area contributed by atoms with Crippen LogP contribution in [-0.2, 0) is 4.79 Å². The van der Waals surface area contributed by atoms with Crippen molar-refractivity contribution in [1.29, 1.82) is 0 Å². The zero-order chi connectivity index (χ0) is 14.3. The number of benzene rings is 1. The third-order valence-corrected chi connectivity index (χ3v) is 3.28. The van der Waals surface area contributed by atoms with Crippen molar-refractivity contribution in [3.8, 4) is 5.75 Å². The van der Waals surface area contributed by atoms with Gasteiger partial charge in [-0.3, -0.25) is 4.79 Å². The van der Waals surface area contributed by atoms with Crippen LogP contribution in [0.3, 0.4) is 0 Å². The van der Waals surface area contributed by atoms with E-state index in [1.807, 2.05) is 45.0 Å². The molecule has 0 spiro atoms. The zero-order valence-corrected chi connectivity index (χ0v) is 11.9. The minimum Gasteiger partial charge on any atom is -0.484 e. The molecule has 0 heterocycles. The molecule has 2 N–H and O–H groups in total. The summed E-state index contributed by atoms with van der Waals surface area (Å²) < 4.78 is 5.42. The maximum absolute atomic E-state index is 11.8. The molecule has 0 aliphatic rings. The Kier molecular flexibility index (Phi) is 5.83. The minimum atomic E-state index is -0.373. The van der Waals surface area contributed by atoms with Gasteiger partial charge in [-0.2, -0.15) is 0 Å². The lowest BCUT2D eigenvalue weighted by Crippen LogP contribution is -2.47. The Labute approximate surface area is 114 Å².